The summed E-state index contributed by atoms with van der Waals surface area (Å²) in [5.41, 5.74) is 0.946. The third kappa shape index (κ3) is 1.62. The van der Waals surface area contributed by atoms with Crippen molar-refractivity contribution in [1.29, 1.82) is 0 Å². The van der Waals surface area contributed by atoms with Crippen LogP contribution in [0.3, 0.4) is 0 Å². The van der Waals surface area contributed by atoms with E-state index in [-0.39, 0.29) is 11.8 Å². The molecule has 2 rings (SSSR count). The molecule has 1 aromatic heterocycles. The maximum atomic E-state index is 11.0. The van der Waals surface area contributed by atoms with E-state index in [1.165, 1.54) is 0 Å². The number of ether oxygens (including phenoxy) is 1. The summed E-state index contributed by atoms with van der Waals surface area (Å²) in [5, 5.41) is 9.01. The van der Waals surface area contributed by atoms with Gasteiger partial charge in [0.15, 0.2) is 11.4 Å². The van der Waals surface area contributed by atoms with Crippen LogP contribution in [0.1, 0.15) is 24.3 Å². The fourth-order valence-corrected chi connectivity index (χ4v) is 1.87. The van der Waals surface area contributed by atoms with Crippen molar-refractivity contribution in [3.63, 3.8) is 0 Å². The van der Waals surface area contributed by atoms with Crippen molar-refractivity contribution in [2.24, 2.45) is 5.92 Å². The van der Waals surface area contributed by atoms with Gasteiger partial charge in [0.25, 0.3) is 0 Å². The molecule has 1 atom stereocenters. The number of rotatable bonds is 2. The highest BCUT2D eigenvalue weighted by Gasteiger charge is 2.30. The number of likely N-dealkylation sites (N-methyl/N-ethyl adjacent to an activating group) is 1. The number of aromatic carboxylic acids is 1. The Hall–Kier alpha value is -1.65. The monoisotopic (exact) mass is 224 g/mol. The maximum Gasteiger partial charge on any atom is 0.356 e. The number of hydrogen-bond donors (Lipinski definition) is 2. The number of nitrogens with zero attached hydrogens (tertiary/aromatic N) is 1. The van der Waals surface area contributed by atoms with Crippen LogP contribution in [0.2, 0.25) is 0 Å². The molecule has 2 heterocycles. The minimum Gasteiger partial charge on any atom is -0.484 e. The molecule has 0 aromatic carbocycles. The molecule has 1 aliphatic rings. The summed E-state index contributed by atoms with van der Waals surface area (Å²) < 4.78 is 5.74. The van der Waals surface area contributed by atoms with E-state index < -0.39 is 5.97 Å². The van der Waals surface area contributed by atoms with Gasteiger partial charge >= 0.3 is 5.97 Å². The van der Waals surface area contributed by atoms with Crippen LogP contribution >= 0.6 is 0 Å². The first-order valence-electron chi connectivity index (χ1n) is 5.33. The largest absolute Gasteiger partial charge is 0.484 e. The van der Waals surface area contributed by atoms with Crippen LogP contribution in [0.4, 0.5) is 5.69 Å². The molecule has 0 saturated carbocycles. The number of anilines is 1. The van der Waals surface area contributed by atoms with Crippen molar-refractivity contribution in [3.8, 4) is 5.75 Å². The van der Waals surface area contributed by atoms with Crippen molar-refractivity contribution in [2.75, 3.05) is 18.5 Å². The van der Waals surface area contributed by atoms with Gasteiger partial charge in [-0.05, 0) is 5.92 Å². The molecule has 0 bridgehead atoms. The molecule has 1 aliphatic heterocycles. The van der Waals surface area contributed by atoms with Gasteiger partial charge in [-0.15, -0.1) is 0 Å². The first-order valence-corrected chi connectivity index (χ1v) is 5.33. The summed E-state index contributed by atoms with van der Waals surface area (Å²) in [6.07, 6.45) is 1.71. The van der Waals surface area contributed by atoms with Crippen molar-refractivity contribution < 1.29 is 14.6 Å². The van der Waals surface area contributed by atoms with E-state index in [1.54, 1.807) is 6.20 Å². The van der Waals surface area contributed by atoms with Crippen LogP contribution in [0.5, 0.6) is 5.75 Å². The minimum atomic E-state index is -0.987. The van der Waals surface area contributed by atoms with Gasteiger partial charge in [-0.1, -0.05) is 13.8 Å². The van der Waals surface area contributed by atoms with E-state index in [9.17, 15) is 4.79 Å². The molecule has 0 spiro atoms. The van der Waals surface area contributed by atoms with E-state index >= 15 is 0 Å². The lowest BCUT2D eigenvalue weighted by Gasteiger charge is -2.34. The predicted octanol–water partition coefficient (Wildman–Crippen LogP) is 1.57. The molecule has 5 heteroatoms. The number of nitrogens with one attached hydrogen (secondary N) is 1. The zero-order chi connectivity index (χ0) is 11.9. The van der Waals surface area contributed by atoms with Crippen molar-refractivity contribution in [1.82, 2.24) is 4.98 Å². The summed E-state index contributed by atoms with van der Waals surface area (Å²) in [4.78, 5) is 15.7. The maximum absolute atomic E-state index is 11.0. The van der Waals surface area contributed by atoms with Gasteiger partial charge in [-0.25, -0.2) is 4.79 Å². The number of aromatic nitrogens is 1. The fraction of sp³-hybridized carbons (Fsp3) is 0.545. The Labute approximate surface area is 94.0 Å². The zero-order valence-corrected chi connectivity index (χ0v) is 9.65. The standard InChI is InChI=1S/C11H16N2O3/c1-6(2)8-5-13(3)7-4-12-9(11(14)15)10(7)16-8/h4,6,8,12H,5H2,1-3H3,(H,14,15). The van der Waals surface area contributed by atoms with Crippen molar-refractivity contribution in [2.45, 2.75) is 20.0 Å². The summed E-state index contributed by atoms with van der Waals surface area (Å²) in [6, 6.07) is 0. The topological polar surface area (TPSA) is 65.6 Å². The van der Waals surface area contributed by atoms with E-state index in [4.69, 9.17) is 9.84 Å². The Morgan fingerprint density at radius 1 is 1.69 bits per heavy atom. The number of fused-ring (bicyclic) bond motifs is 1. The molecule has 1 aromatic rings. The smallest absolute Gasteiger partial charge is 0.356 e. The SMILES string of the molecule is CC(C)C1CN(C)c2c[nH]c(C(=O)O)c2O1. The summed E-state index contributed by atoms with van der Waals surface area (Å²) in [7, 11) is 1.94. The van der Waals surface area contributed by atoms with E-state index in [0.29, 0.717) is 11.7 Å². The molecule has 0 saturated heterocycles. The highest BCUT2D eigenvalue weighted by atomic mass is 16.5. The van der Waals surface area contributed by atoms with E-state index in [0.717, 1.165) is 12.2 Å². The second-order valence-electron chi connectivity index (χ2n) is 4.46. The van der Waals surface area contributed by atoms with Gasteiger partial charge in [0.2, 0.25) is 0 Å². The summed E-state index contributed by atoms with van der Waals surface area (Å²) in [6.45, 7) is 4.91. The molecule has 0 amide bonds. The fourth-order valence-electron chi connectivity index (χ4n) is 1.87. The number of carboxylic acid groups (broad SMARTS) is 1. The van der Waals surface area contributed by atoms with Crippen LogP contribution in [0, 0.1) is 5.92 Å². The second-order valence-corrected chi connectivity index (χ2v) is 4.46. The molecule has 16 heavy (non-hydrogen) atoms. The normalized spacial score (nSPS) is 19.5. The predicted molar refractivity (Wildman–Crippen MR) is 60.3 cm³/mol. The molecule has 0 radical (unpaired) electrons. The average Bonchev–Trinajstić information content (AvgIpc) is 2.61. The number of aromatic amines is 1. The highest BCUT2D eigenvalue weighted by Crippen LogP contribution is 2.37. The van der Waals surface area contributed by atoms with Gasteiger partial charge in [-0.3, -0.25) is 0 Å². The van der Waals surface area contributed by atoms with E-state index in [2.05, 4.69) is 18.8 Å². The lowest BCUT2D eigenvalue weighted by atomic mass is 10.1. The minimum absolute atomic E-state index is 0.0337. The Morgan fingerprint density at radius 2 is 2.38 bits per heavy atom. The van der Waals surface area contributed by atoms with Crippen LogP contribution < -0.4 is 9.64 Å². The number of hydrogen-bond acceptors (Lipinski definition) is 3. The Kier molecular flexibility index (Phi) is 2.53. The molecule has 88 valence electrons. The molecule has 5 nitrogen and oxygen atoms in total. The van der Waals surface area contributed by atoms with Gasteiger partial charge in [0.1, 0.15) is 6.10 Å². The molecular formula is C11H16N2O3. The molecular weight excluding hydrogens is 208 g/mol. The van der Waals surface area contributed by atoms with Gasteiger partial charge in [-0.2, -0.15) is 0 Å². The Morgan fingerprint density at radius 3 is 2.94 bits per heavy atom. The quantitative estimate of drug-likeness (QED) is 0.800. The lowest BCUT2D eigenvalue weighted by molar-refractivity contribution is 0.0678. The summed E-state index contributed by atoms with van der Waals surface area (Å²) in [5.74, 6) is -0.175. The zero-order valence-electron chi connectivity index (χ0n) is 9.65. The van der Waals surface area contributed by atoms with Gasteiger partial charge < -0.3 is 19.7 Å². The lowest BCUT2D eigenvalue weighted by Crippen LogP contribution is -2.40. The molecule has 2 N–H and O–H groups in total. The third-order valence-electron chi connectivity index (χ3n) is 2.90. The average molecular weight is 224 g/mol. The number of H-pyrrole nitrogens is 1. The van der Waals surface area contributed by atoms with E-state index in [1.807, 2.05) is 11.9 Å². The second kappa shape index (κ2) is 3.73. The van der Waals surface area contributed by atoms with Crippen LogP contribution in [-0.2, 0) is 0 Å². The first kappa shape index (κ1) is 10.9. The third-order valence-corrected chi connectivity index (χ3v) is 2.90. The number of carbonyl (C=O) groups is 1. The van der Waals surface area contributed by atoms with Crippen LogP contribution in [0.25, 0.3) is 0 Å². The Balaban J connectivity index is 2.38. The van der Waals surface area contributed by atoms with Crippen molar-refractivity contribution >= 4 is 11.7 Å². The van der Waals surface area contributed by atoms with Gasteiger partial charge in [0.05, 0.1) is 12.2 Å². The van der Waals surface area contributed by atoms with Crippen LogP contribution in [0.15, 0.2) is 6.20 Å². The number of carboxylic acids is 1. The summed E-state index contributed by atoms with van der Waals surface area (Å²) >= 11 is 0. The molecule has 1 unspecified atom stereocenters. The van der Waals surface area contributed by atoms with Crippen LogP contribution in [-0.4, -0.2) is 35.8 Å². The van der Waals surface area contributed by atoms with Crippen molar-refractivity contribution in [3.05, 3.63) is 11.9 Å². The highest BCUT2D eigenvalue weighted by molar-refractivity contribution is 5.92. The molecule has 0 aliphatic carbocycles. The first-order chi connectivity index (χ1) is 7.50. The molecule has 0 fully saturated rings. The Bertz CT molecular complexity index is 411. The van der Waals surface area contributed by atoms with Gasteiger partial charge in [0, 0.05) is 13.2 Å².